The first-order valence-corrected chi connectivity index (χ1v) is 8.28. The van der Waals surface area contributed by atoms with E-state index in [1.807, 2.05) is 13.0 Å². The van der Waals surface area contributed by atoms with Gasteiger partial charge >= 0.3 is 0 Å². The van der Waals surface area contributed by atoms with Crippen molar-refractivity contribution in [1.29, 1.82) is 0 Å². The molecule has 1 unspecified atom stereocenters. The third kappa shape index (κ3) is 2.81. The Hall–Kier alpha value is -0.893. The van der Waals surface area contributed by atoms with Crippen LogP contribution in [0.1, 0.15) is 6.92 Å². The third-order valence-corrected chi connectivity index (χ3v) is 6.18. The van der Waals surface area contributed by atoms with E-state index in [4.69, 9.17) is 0 Å². The molecule has 1 aromatic rings. The second-order valence-corrected chi connectivity index (χ2v) is 9.32. The molecule has 0 aromatic heterocycles. The molecular formula is C12H18OSi. The Morgan fingerprint density at radius 1 is 1.29 bits per heavy atom. The summed E-state index contributed by atoms with van der Waals surface area (Å²) in [4.78, 5) is 10.6. The summed E-state index contributed by atoms with van der Waals surface area (Å²) in [6, 6.07) is 11.6. The molecule has 0 fully saturated rings. The first-order valence-electron chi connectivity index (χ1n) is 5.07. The highest BCUT2D eigenvalue weighted by Crippen LogP contribution is 2.15. The average molecular weight is 206 g/mol. The molecule has 1 nitrogen and oxygen atoms in total. The summed E-state index contributed by atoms with van der Waals surface area (Å²) < 4.78 is 0. The van der Waals surface area contributed by atoms with Crippen LogP contribution in [-0.2, 0) is 4.79 Å². The van der Waals surface area contributed by atoms with Gasteiger partial charge in [0.2, 0.25) is 0 Å². The fourth-order valence-electron chi connectivity index (χ4n) is 1.86. The molecule has 0 amide bonds. The lowest BCUT2D eigenvalue weighted by atomic mass is 10.3. The summed E-state index contributed by atoms with van der Waals surface area (Å²) in [5.41, 5.74) is 0. The van der Waals surface area contributed by atoms with Gasteiger partial charge in [0.1, 0.15) is 6.29 Å². The summed E-state index contributed by atoms with van der Waals surface area (Å²) in [7, 11) is -1.39. The summed E-state index contributed by atoms with van der Waals surface area (Å²) in [6.45, 7) is 6.65. The van der Waals surface area contributed by atoms with Gasteiger partial charge in [-0.25, -0.2) is 0 Å². The normalized spacial score (nSPS) is 13.6. The minimum absolute atomic E-state index is 0.192. The van der Waals surface area contributed by atoms with E-state index in [9.17, 15) is 4.79 Å². The molecule has 0 saturated carbocycles. The van der Waals surface area contributed by atoms with Gasteiger partial charge in [-0.1, -0.05) is 55.5 Å². The number of benzene rings is 1. The van der Waals surface area contributed by atoms with Crippen LogP contribution in [0.3, 0.4) is 0 Å². The summed E-state index contributed by atoms with van der Waals surface area (Å²) >= 11 is 0. The maximum atomic E-state index is 10.6. The highest BCUT2D eigenvalue weighted by molar-refractivity contribution is 6.89. The molecule has 0 aliphatic carbocycles. The average Bonchev–Trinajstić information content (AvgIpc) is 2.18. The highest BCUT2D eigenvalue weighted by atomic mass is 28.3. The van der Waals surface area contributed by atoms with Crippen LogP contribution in [0, 0.1) is 5.92 Å². The van der Waals surface area contributed by atoms with Crippen molar-refractivity contribution in [1.82, 2.24) is 0 Å². The summed E-state index contributed by atoms with van der Waals surface area (Å²) in [5.74, 6) is 0.192. The molecule has 14 heavy (non-hydrogen) atoms. The van der Waals surface area contributed by atoms with Crippen LogP contribution in [0.4, 0.5) is 0 Å². The number of rotatable bonds is 4. The number of aldehydes is 1. The van der Waals surface area contributed by atoms with Gasteiger partial charge in [-0.05, 0) is 6.04 Å². The van der Waals surface area contributed by atoms with Crippen molar-refractivity contribution < 1.29 is 4.79 Å². The number of carbonyl (C=O) groups is 1. The zero-order valence-corrected chi connectivity index (χ0v) is 10.2. The molecule has 0 spiro atoms. The first-order chi connectivity index (χ1) is 6.56. The van der Waals surface area contributed by atoms with E-state index in [2.05, 4.69) is 37.4 Å². The van der Waals surface area contributed by atoms with E-state index in [1.165, 1.54) is 5.19 Å². The van der Waals surface area contributed by atoms with E-state index < -0.39 is 8.07 Å². The van der Waals surface area contributed by atoms with Crippen LogP contribution < -0.4 is 5.19 Å². The van der Waals surface area contributed by atoms with Crippen LogP contribution >= 0.6 is 0 Å². The van der Waals surface area contributed by atoms with Gasteiger partial charge in [0, 0.05) is 5.92 Å². The molecule has 0 heterocycles. The predicted octanol–water partition coefficient (Wildman–Crippen LogP) is 2.44. The van der Waals surface area contributed by atoms with Crippen molar-refractivity contribution in [3.8, 4) is 0 Å². The smallest absolute Gasteiger partial charge is 0.122 e. The van der Waals surface area contributed by atoms with Crippen LogP contribution in [0.25, 0.3) is 0 Å². The lowest BCUT2D eigenvalue weighted by molar-refractivity contribution is -0.110. The van der Waals surface area contributed by atoms with Gasteiger partial charge in [-0.15, -0.1) is 0 Å². The molecule has 0 bridgehead atoms. The van der Waals surface area contributed by atoms with E-state index in [0.717, 1.165) is 12.3 Å². The fourth-order valence-corrected chi connectivity index (χ4v) is 4.90. The minimum atomic E-state index is -1.39. The third-order valence-electron chi connectivity index (χ3n) is 2.62. The SMILES string of the molecule is CC(C=O)C[Si](C)(C)c1ccccc1. The summed E-state index contributed by atoms with van der Waals surface area (Å²) in [6.07, 6.45) is 1.07. The Balaban J connectivity index is 2.80. The molecular weight excluding hydrogens is 188 g/mol. The first kappa shape index (κ1) is 11.2. The summed E-state index contributed by atoms with van der Waals surface area (Å²) in [5, 5.41) is 1.44. The van der Waals surface area contributed by atoms with Crippen molar-refractivity contribution in [2.45, 2.75) is 26.1 Å². The van der Waals surface area contributed by atoms with Gasteiger partial charge in [0.05, 0.1) is 8.07 Å². The lowest BCUT2D eigenvalue weighted by Gasteiger charge is -2.24. The maximum Gasteiger partial charge on any atom is 0.122 e. The molecule has 0 radical (unpaired) electrons. The van der Waals surface area contributed by atoms with E-state index in [-0.39, 0.29) is 5.92 Å². The molecule has 0 aliphatic heterocycles. The number of hydrogen-bond acceptors (Lipinski definition) is 1. The molecule has 0 saturated heterocycles. The second kappa shape index (κ2) is 4.56. The largest absolute Gasteiger partial charge is 0.303 e. The van der Waals surface area contributed by atoms with E-state index in [1.54, 1.807) is 0 Å². The minimum Gasteiger partial charge on any atom is -0.303 e. The molecule has 1 atom stereocenters. The Labute approximate surface area is 87.2 Å². The van der Waals surface area contributed by atoms with Crippen LogP contribution in [0.15, 0.2) is 30.3 Å². The van der Waals surface area contributed by atoms with E-state index >= 15 is 0 Å². The molecule has 76 valence electrons. The van der Waals surface area contributed by atoms with Crippen LogP contribution in [-0.4, -0.2) is 14.4 Å². The van der Waals surface area contributed by atoms with Gasteiger partial charge in [0.15, 0.2) is 0 Å². The lowest BCUT2D eigenvalue weighted by Crippen LogP contribution is -2.42. The topological polar surface area (TPSA) is 17.1 Å². The molecule has 0 N–H and O–H groups in total. The van der Waals surface area contributed by atoms with Crippen molar-refractivity contribution in [2.24, 2.45) is 5.92 Å². The van der Waals surface area contributed by atoms with Gasteiger partial charge in [0.25, 0.3) is 0 Å². The standard InChI is InChI=1S/C12H18OSi/c1-11(9-13)10-14(2,3)12-7-5-4-6-8-12/h4-9,11H,10H2,1-3H3. The molecule has 1 aromatic carbocycles. The van der Waals surface area contributed by atoms with Gasteiger partial charge in [-0.3, -0.25) is 0 Å². The Kier molecular flexibility index (Phi) is 3.64. The quantitative estimate of drug-likeness (QED) is 0.546. The van der Waals surface area contributed by atoms with Crippen LogP contribution in [0.2, 0.25) is 19.1 Å². The zero-order valence-electron chi connectivity index (χ0n) is 9.16. The van der Waals surface area contributed by atoms with Crippen LogP contribution in [0.5, 0.6) is 0 Å². The van der Waals surface area contributed by atoms with Crippen molar-refractivity contribution in [2.75, 3.05) is 0 Å². The Morgan fingerprint density at radius 3 is 2.36 bits per heavy atom. The van der Waals surface area contributed by atoms with Gasteiger partial charge < -0.3 is 4.79 Å². The van der Waals surface area contributed by atoms with Crippen molar-refractivity contribution in [3.05, 3.63) is 30.3 Å². The number of hydrogen-bond donors (Lipinski definition) is 0. The monoisotopic (exact) mass is 206 g/mol. The molecule has 1 rings (SSSR count). The van der Waals surface area contributed by atoms with Gasteiger partial charge in [-0.2, -0.15) is 0 Å². The predicted molar refractivity (Wildman–Crippen MR) is 63.6 cm³/mol. The van der Waals surface area contributed by atoms with Crippen molar-refractivity contribution >= 4 is 19.5 Å². The Morgan fingerprint density at radius 2 is 1.86 bits per heavy atom. The van der Waals surface area contributed by atoms with E-state index in [0.29, 0.717) is 0 Å². The second-order valence-electron chi connectivity index (χ2n) is 4.57. The fraction of sp³-hybridized carbons (Fsp3) is 0.417. The van der Waals surface area contributed by atoms with Crippen molar-refractivity contribution in [3.63, 3.8) is 0 Å². The molecule has 0 aliphatic rings. The maximum absolute atomic E-state index is 10.6. The highest BCUT2D eigenvalue weighted by Gasteiger charge is 2.25. The Bertz CT molecular complexity index is 292. The zero-order chi connectivity index (χ0) is 10.6. The molecule has 2 heteroatoms. The number of carbonyl (C=O) groups excluding carboxylic acids is 1.